The molecule has 0 fully saturated rings. The number of carbonyl (C=O) groups is 4. The number of thioether (sulfide) groups is 1. The molecule has 2 heterocycles. The normalized spacial score (nSPS) is 17.8. The number of rotatable bonds is 9. The predicted octanol–water partition coefficient (Wildman–Crippen LogP) is 0.0333. The number of nitrogens with zero attached hydrogens (tertiary/aromatic N) is 3. The van der Waals surface area contributed by atoms with Crippen molar-refractivity contribution in [1.29, 1.82) is 0 Å². The van der Waals surface area contributed by atoms with Gasteiger partial charge in [0.2, 0.25) is 5.60 Å². The first-order valence-electron chi connectivity index (χ1n) is 8.69. The molecule has 2 rings (SSSR count). The predicted molar refractivity (Wildman–Crippen MR) is 116 cm³/mol. The molecule has 0 aliphatic carbocycles. The van der Waals surface area contributed by atoms with Crippen LogP contribution in [0.1, 0.15) is 19.5 Å². The van der Waals surface area contributed by atoms with Crippen molar-refractivity contribution in [2.45, 2.75) is 30.9 Å². The van der Waals surface area contributed by atoms with Crippen LogP contribution in [0, 0.1) is 0 Å². The van der Waals surface area contributed by atoms with Gasteiger partial charge >= 0.3 is 17.9 Å². The van der Waals surface area contributed by atoms with Gasteiger partial charge in [0.05, 0.1) is 0 Å². The summed E-state index contributed by atoms with van der Waals surface area (Å²) in [5.41, 5.74) is 2.99. The summed E-state index contributed by atoms with van der Waals surface area (Å²) in [5.74, 6) is -5.20. The summed E-state index contributed by atoms with van der Waals surface area (Å²) >= 11 is 1.94. The number of thiazole rings is 1. The summed E-state index contributed by atoms with van der Waals surface area (Å²) in [6.45, 7) is 5.96. The monoisotopic (exact) mass is 485 g/mol. The summed E-state index contributed by atoms with van der Waals surface area (Å²) in [5, 5.41) is 34.0. The van der Waals surface area contributed by atoms with Crippen molar-refractivity contribution in [3.8, 4) is 0 Å². The van der Waals surface area contributed by atoms with E-state index >= 15 is 0 Å². The van der Waals surface area contributed by atoms with Crippen molar-refractivity contribution in [3.05, 3.63) is 23.2 Å². The lowest BCUT2D eigenvalue weighted by molar-refractivity contribution is -0.161. The number of hydrogen-bond acceptors (Lipinski definition) is 11. The van der Waals surface area contributed by atoms with Crippen LogP contribution in [-0.2, 0) is 24.0 Å². The summed E-state index contributed by atoms with van der Waals surface area (Å²) < 4.78 is 0. The third-order valence-electron chi connectivity index (χ3n) is 3.92. The van der Waals surface area contributed by atoms with Crippen LogP contribution < -0.4 is 11.1 Å². The number of nitrogen functional groups attached to an aromatic ring is 1. The van der Waals surface area contributed by atoms with E-state index in [-0.39, 0.29) is 27.9 Å². The zero-order chi connectivity index (χ0) is 24.2. The highest BCUT2D eigenvalue weighted by atomic mass is 32.2. The van der Waals surface area contributed by atoms with E-state index in [0.717, 1.165) is 23.1 Å². The van der Waals surface area contributed by atoms with Crippen LogP contribution in [-0.4, -0.2) is 78.3 Å². The Labute approximate surface area is 189 Å². The minimum Gasteiger partial charge on any atom is -0.480 e. The molecule has 1 aromatic heterocycles. The second kappa shape index (κ2) is 9.78. The summed E-state index contributed by atoms with van der Waals surface area (Å²) in [7, 11) is 0. The lowest BCUT2D eigenvalue weighted by Crippen LogP contribution is -2.50. The molecule has 0 spiro atoms. The Hall–Kier alpha value is -3.46. The van der Waals surface area contributed by atoms with Crippen molar-refractivity contribution in [2.75, 3.05) is 11.5 Å². The van der Waals surface area contributed by atoms with E-state index in [4.69, 9.17) is 15.7 Å². The Morgan fingerprint density at radius 3 is 2.50 bits per heavy atom. The largest absolute Gasteiger partial charge is 0.480 e. The first-order valence-corrected chi connectivity index (χ1v) is 10.6. The van der Waals surface area contributed by atoms with Gasteiger partial charge in [-0.05, 0) is 19.4 Å². The van der Waals surface area contributed by atoms with Crippen molar-refractivity contribution >= 4 is 63.5 Å². The lowest BCUT2D eigenvalue weighted by atomic mass is 10.1. The number of carbonyl (C=O) groups excluding carboxylic acids is 1. The molecule has 32 heavy (non-hydrogen) atoms. The van der Waals surface area contributed by atoms with Crippen LogP contribution in [0.3, 0.4) is 0 Å². The molecule has 13 nitrogen and oxygen atoms in total. The van der Waals surface area contributed by atoms with Crippen molar-refractivity contribution in [3.63, 3.8) is 0 Å². The number of nitrogens with one attached hydrogen (secondary N) is 1. The Kier molecular flexibility index (Phi) is 7.58. The zero-order valence-corrected chi connectivity index (χ0v) is 18.4. The minimum absolute atomic E-state index is 0.0739. The fourth-order valence-corrected chi connectivity index (χ4v) is 3.76. The average Bonchev–Trinajstić information content (AvgIpc) is 3.12. The van der Waals surface area contributed by atoms with Gasteiger partial charge in [0.15, 0.2) is 16.9 Å². The minimum atomic E-state index is -1.81. The van der Waals surface area contributed by atoms with Crippen molar-refractivity contribution < 1.29 is 39.3 Å². The number of carboxylic acid groups (broad SMARTS) is 3. The second-order valence-electron chi connectivity index (χ2n) is 6.79. The number of hydrogen-bond donors (Lipinski definition) is 5. The first-order chi connectivity index (χ1) is 14.8. The first kappa shape index (κ1) is 24.8. The molecular weight excluding hydrogens is 466 g/mol. The SMILES string of the molecule is C=C1CS[C@H]([C@H](NC(=O)/C(=N\OC(C)(C)C(=O)O)c2csc(N)n2)C(=O)O)N=C1C(=O)O. The van der Waals surface area contributed by atoms with Crippen LogP contribution >= 0.6 is 23.1 Å². The van der Waals surface area contributed by atoms with Gasteiger partial charge in [-0.1, -0.05) is 11.7 Å². The lowest BCUT2D eigenvalue weighted by Gasteiger charge is -2.25. The van der Waals surface area contributed by atoms with E-state index in [2.05, 4.69) is 27.0 Å². The molecule has 2 atom stereocenters. The number of oxime groups is 1. The molecular formula is C17H19N5O8S2. The maximum atomic E-state index is 12.9. The number of aromatic nitrogens is 1. The highest BCUT2D eigenvalue weighted by Crippen LogP contribution is 2.26. The third-order valence-corrected chi connectivity index (χ3v) is 5.83. The van der Waals surface area contributed by atoms with Gasteiger partial charge in [0.1, 0.15) is 16.8 Å². The maximum absolute atomic E-state index is 12.9. The van der Waals surface area contributed by atoms with Gasteiger partial charge in [0.25, 0.3) is 5.91 Å². The van der Waals surface area contributed by atoms with Crippen LogP contribution in [0.5, 0.6) is 0 Å². The van der Waals surface area contributed by atoms with E-state index in [0.29, 0.717) is 0 Å². The number of anilines is 1. The van der Waals surface area contributed by atoms with Crippen LogP contribution in [0.15, 0.2) is 27.7 Å². The van der Waals surface area contributed by atoms with E-state index < -0.39 is 46.5 Å². The third kappa shape index (κ3) is 5.82. The Morgan fingerprint density at radius 1 is 1.34 bits per heavy atom. The van der Waals surface area contributed by atoms with E-state index in [1.54, 1.807) is 0 Å². The molecule has 0 saturated heterocycles. The molecule has 6 N–H and O–H groups in total. The van der Waals surface area contributed by atoms with E-state index in [1.807, 2.05) is 0 Å². The summed E-state index contributed by atoms with van der Waals surface area (Å²) in [4.78, 5) is 60.0. The molecule has 1 amide bonds. The molecule has 0 bridgehead atoms. The second-order valence-corrected chi connectivity index (χ2v) is 8.79. The van der Waals surface area contributed by atoms with Gasteiger partial charge < -0.3 is 31.2 Å². The van der Waals surface area contributed by atoms with Gasteiger partial charge in [0, 0.05) is 11.1 Å². The van der Waals surface area contributed by atoms with Crippen LogP contribution in [0.4, 0.5) is 5.13 Å². The molecule has 1 aromatic rings. The molecule has 1 aliphatic heterocycles. The average molecular weight is 486 g/mol. The topological polar surface area (TPSA) is 214 Å². The van der Waals surface area contributed by atoms with Crippen molar-refractivity contribution in [1.82, 2.24) is 10.3 Å². The van der Waals surface area contributed by atoms with Gasteiger partial charge in [-0.2, -0.15) is 0 Å². The Balaban J connectivity index is 2.37. The fraction of sp³-hybridized carbons (Fsp3) is 0.353. The molecule has 15 heteroatoms. The van der Waals surface area contributed by atoms with Gasteiger partial charge in [-0.25, -0.2) is 19.4 Å². The maximum Gasteiger partial charge on any atom is 0.354 e. The molecule has 0 radical (unpaired) electrons. The standard InChI is InChI=1S/C17H19N5O8S2/c1-6-4-31-12(21-8(6)13(24)25)10(14(26)27)20-11(23)9(7-5-32-16(18)19-7)22-30-17(2,3)15(28)29/h5,10,12H,1,4H2,2-3H3,(H2,18,19)(H,20,23)(H,24,25)(H,26,27)(H,28,29)/b22-9-/t10-,12+/m0/s1. The van der Waals surface area contributed by atoms with Crippen molar-refractivity contribution in [2.24, 2.45) is 10.1 Å². The Bertz CT molecular complexity index is 1030. The van der Waals surface area contributed by atoms with E-state index in [1.165, 1.54) is 19.2 Å². The van der Waals surface area contributed by atoms with E-state index in [9.17, 15) is 29.4 Å². The number of nitrogens with two attached hydrogens (primary N) is 1. The smallest absolute Gasteiger partial charge is 0.354 e. The molecule has 0 saturated carbocycles. The number of carboxylic acids is 3. The summed E-state index contributed by atoms with van der Waals surface area (Å²) in [6, 6.07) is -1.65. The molecule has 0 unspecified atom stereocenters. The summed E-state index contributed by atoms with van der Waals surface area (Å²) in [6.07, 6.45) is 0. The number of amides is 1. The molecule has 172 valence electrons. The zero-order valence-electron chi connectivity index (χ0n) is 16.8. The molecule has 1 aliphatic rings. The highest BCUT2D eigenvalue weighted by molar-refractivity contribution is 8.00. The Morgan fingerprint density at radius 2 is 2.00 bits per heavy atom. The number of aliphatic carboxylic acids is 3. The van der Waals surface area contributed by atoms with Gasteiger partial charge in [-0.15, -0.1) is 23.1 Å². The quantitative estimate of drug-likeness (QED) is 0.232. The number of aliphatic imine (C=N–C) groups is 1. The van der Waals surface area contributed by atoms with Crippen LogP contribution in [0.2, 0.25) is 0 Å². The molecule has 0 aromatic carbocycles. The van der Waals surface area contributed by atoms with Crippen LogP contribution in [0.25, 0.3) is 0 Å². The van der Waals surface area contributed by atoms with Gasteiger partial charge in [-0.3, -0.25) is 9.79 Å². The highest BCUT2D eigenvalue weighted by Gasteiger charge is 2.36. The fourth-order valence-electron chi connectivity index (χ4n) is 2.15.